The van der Waals surface area contributed by atoms with Crippen LogP contribution in [0.1, 0.15) is 10.4 Å². The molecule has 0 spiro atoms. The van der Waals surface area contributed by atoms with Crippen molar-refractivity contribution in [2.45, 2.75) is 0 Å². The van der Waals surface area contributed by atoms with Crippen LogP contribution in [0.5, 0.6) is 0 Å². The third-order valence-corrected chi connectivity index (χ3v) is 3.26. The summed E-state index contributed by atoms with van der Waals surface area (Å²) in [7, 11) is 0. The average molecular weight is 342 g/mol. The maximum Gasteiger partial charge on any atom is 0.338 e. The number of para-hydroxylation sites is 1. The molecule has 0 heterocycles. The Kier molecular flexibility index (Phi) is 5.35. The van der Waals surface area contributed by atoms with Crippen molar-refractivity contribution in [2.24, 2.45) is 0 Å². The molecule has 0 saturated carbocycles. The van der Waals surface area contributed by atoms with E-state index in [-0.39, 0.29) is 10.6 Å². The molecule has 0 saturated heterocycles. The normalized spacial score (nSPS) is 10.1. The van der Waals surface area contributed by atoms with Crippen LogP contribution in [0, 0.1) is 5.82 Å². The number of ether oxygens (including phenoxy) is 1. The molecule has 0 aliphatic heterocycles. The van der Waals surface area contributed by atoms with Crippen LogP contribution in [0.2, 0.25) is 10.0 Å². The van der Waals surface area contributed by atoms with Crippen LogP contribution in [-0.2, 0) is 9.53 Å². The van der Waals surface area contributed by atoms with Crippen molar-refractivity contribution in [1.82, 2.24) is 0 Å². The number of hydrogen-bond acceptors (Lipinski definition) is 3. The molecule has 2 aromatic rings. The molecule has 0 radical (unpaired) electrons. The van der Waals surface area contributed by atoms with E-state index in [0.717, 1.165) is 12.1 Å². The van der Waals surface area contributed by atoms with Crippen molar-refractivity contribution >= 4 is 40.8 Å². The minimum atomic E-state index is -0.781. The molecule has 0 bridgehead atoms. The molecular formula is C15H10Cl2FNO3. The molecule has 1 N–H and O–H groups in total. The van der Waals surface area contributed by atoms with Gasteiger partial charge in [0.15, 0.2) is 6.61 Å². The predicted octanol–water partition coefficient (Wildman–Crippen LogP) is 3.93. The molecule has 2 aromatic carbocycles. The van der Waals surface area contributed by atoms with Gasteiger partial charge in [-0.15, -0.1) is 0 Å². The summed E-state index contributed by atoms with van der Waals surface area (Å²) in [6.45, 7) is -0.501. The van der Waals surface area contributed by atoms with E-state index in [1.54, 1.807) is 24.3 Å². The molecule has 114 valence electrons. The number of amides is 1. The van der Waals surface area contributed by atoms with E-state index in [1.165, 1.54) is 6.07 Å². The summed E-state index contributed by atoms with van der Waals surface area (Å²) in [5.41, 5.74) is 0.465. The molecule has 0 aromatic heterocycles. The van der Waals surface area contributed by atoms with E-state index in [9.17, 15) is 14.0 Å². The van der Waals surface area contributed by atoms with Crippen LogP contribution in [0.3, 0.4) is 0 Å². The highest BCUT2D eigenvalue weighted by atomic mass is 35.5. The SMILES string of the molecule is O=C(COC(=O)c1ccc(F)c(Cl)c1)Nc1ccccc1Cl. The zero-order chi connectivity index (χ0) is 16.1. The number of carbonyl (C=O) groups is 2. The lowest BCUT2D eigenvalue weighted by Crippen LogP contribution is -2.21. The quantitative estimate of drug-likeness (QED) is 0.857. The summed E-state index contributed by atoms with van der Waals surface area (Å²) in [5.74, 6) is -1.97. The molecule has 0 atom stereocenters. The summed E-state index contributed by atoms with van der Waals surface area (Å²) < 4.78 is 17.8. The molecule has 4 nitrogen and oxygen atoms in total. The highest BCUT2D eigenvalue weighted by Gasteiger charge is 2.13. The first-order valence-electron chi connectivity index (χ1n) is 6.14. The maximum atomic E-state index is 13.0. The van der Waals surface area contributed by atoms with E-state index in [1.807, 2.05) is 0 Å². The van der Waals surface area contributed by atoms with Gasteiger partial charge in [-0.1, -0.05) is 35.3 Å². The van der Waals surface area contributed by atoms with Crippen LogP contribution in [0.4, 0.5) is 10.1 Å². The summed E-state index contributed by atoms with van der Waals surface area (Å²) in [4.78, 5) is 23.4. The molecule has 1 amide bonds. The zero-order valence-corrected chi connectivity index (χ0v) is 12.6. The number of esters is 1. The Hall–Kier alpha value is -2.11. The molecule has 0 aliphatic carbocycles. The lowest BCUT2D eigenvalue weighted by atomic mass is 10.2. The van der Waals surface area contributed by atoms with Crippen molar-refractivity contribution in [3.05, 3.63) is 63.9 Å². The third-order valence-electron chi connectivity index (χ3n) is 2.64. The average Bonchev–Trinajstić information content (AvgIpc) is 2.50. The predicted molar refractivity (Wildman–Crippen MR) is 81.8 cm³/mol. The minimum Gasteiger partial charge on any atom is -0.452 e. The number of benzene rings is 2. The monoisotopic (exact) mass is 341 g/mol. The molecule has 0 fully saturated rings. The van der Waals surface area contributed by atoms with Crippen molar-refractivity contribution in [3.63, 3.8) is 0 Å². The topological polar surface area (TPSA) is 55.4 Å². The Bertz CT molecular complexity index is 722. The van der Waals surface area contributed by atoms with Gasteiger partial charge in [-0.05, 0) is 30.3 Å². The second kappa shape index (κ2) is 7.24. The lowest BCUT2D eigenvalue weighted by Gasteiger charge is -2.08. The van der Waals surface area contributed by atoms with Crippen LogP contribution in [0.25, 0.3) is 0 Å². The number of anilines is 1. The van der Waals surface area contributed by atoms with Gasteiger partial charge in [0.05, 0.1) is 21.3 Å². The van der Waals surface area contributed by atoms with Crippen LogP contribution < -0.4 is 5.32 Å². The zero-order valence-electron chi connectivity index (χ0n) is 11.1. The standard InChI is InChI=1S/C15H10Cl2FNO3/c16-10-3-1-2-4-13(10)19-14(20)8-22-15(21)9-5-6-12(18)11(17)7-9/h1-7H,8H2,(H,19,20). The first-order valence-corrected chi connectivity index (χ1v) is 6.89. The van der Waals surface area contributed by atoms with Crippen LogP contribution >= 0.6 is 23.2 Å². The van der Waals surface area contributed by atoms with Gasteiger partial charge in [0.2, 0.25) is 0 Å². The fraction of sp³-hybridized carbons (Fsp3) is 0.0667. The van der Waals surface area contributed by atoms with Gasteiger partial charge in [-0.25, -0.2) is 9.18 Å². The van der Waals surface area contributed by atoms with Crippen LogP contribution in [0.15, 0.2) is 42.5 Å². The van der Waals surface area contributed by atoms with Gasteiger partial charge in [0.25, 0.3) is 5.91 Å². The number of rotatable bonds is 4. The van der Waals surface area contributed by atoms with Gasteiger partial charge < -0.3 is 10.1 Å². The van der Waals surface area contributed by atoms with Gasteiger partial charge in [0.1, 0.15) is 5.82 Å². The summed E-state index contributed by atoms with van der Waals surface area (Å²) in [6.07, 6.45) is 0. The Labute approximate surface area is 135 Å². The Morgan fingerprint density at radius 1 is 1.09 bits per heavy atom. The van der Waals surface area contributed by atoms with Crippen molar-refractivity contribution in [3.8, 4) is 0 Å². The molecule has 0 aliphatic rings. The van der Waals surface area contributed by atoms with E-state index < -0.39 is 24.3 Å². The van der Waals surface area contributed by atoms with E-state index >= 15 is 0 Å². The first kappa shape index (κ1) is 16.3. The number of carbonyl (C=O) groups excluding carboxylic acids is 2. The molecular weight excluding hydrogens is 332 g/mol. The second-order valence-electron chi connectivity index (χ2n) is 4.23. The van der Waals surface area contributed by atoms with E-state index in [0.29, 0.717) is 10.7 Å². The minimum absolute atomic E-state index is 0.0527. The van der Waals surface area contributed by atoms with Gasteiger partial charge in [-0.2, -0.15) is 0 Å². The molecule has 22 heavy (non-hydrogen) atoms. The van der Waals surface area contributed by atoms with Gasteiger partial charge in [-0.3, -0.25) is 4.79 Å². The number of nitrogens with one attached hydrogen (secondary N) is 1. The van der Waals surface area contributed by atoms with Gasteiger partial charge >= 0.3 is 5.97 Å². The van der Waals surface area contributed by atoms with Crippen molar-refractivity contribution in [2.75, 3.05) is 11.9 Å². The molecule has 7 heteroatoms. The van der Waals surface area contributed by atoms with Crippen molar-refractivity contribution in [1.29, 1.82) is 0 Å². The maximum absolute atomic E-state index is 13.0. The molecule has 2 rings (SSSR count). The lowest BCUT2D eigenvalue weighted by molar-refractivity contribution is -0.119. The fourth-order valence-electron chi connectivity index (χ4n) is 1.59. The van der Waals surface area contributed by atoms with Crippen LogP contribution in [-0.4, -0.2) is 18.5 Å². The Morgan fingerprint density at radius 3 is 2.50 bits per heavy atom. The van der Waals surface area contributed by atoms with E-state index in [2.05, 4.69) is 5.32 Å². The number of hydrogen-bond donors (Lipinski definition) is 1. The summed E-state index contributed by atoms with van der Waals surface area (Å²) in [6, 6.07) is 10.0. The van der Waals surface area contributed by atoms with Crippen molar-refractivity contribution < 1.29 is 18.7 Å². The summed E-state index contributed by atoms with van der Waals surface area (Å²) in [5, 5.41) is 2.67. The van der Waals surface area contributed by atoms with E-state index in [4.69, 9.17) is 27.9 Å². The fourth-order valence-corrected chi connectivity index (χ4v) is 1.95. The Balaban J connectivity index is 1.92. The Morgan fingerprint density at radius 2 is 1.82 bits per heavy atom. The smallest absolute Gasteiger partial charge is 0.338 e. The van der Waals surface area contributed by atoms with Gasteiger partial charge in [0, 0.05) is 0 Å². The highest BCUT2D eigenvalue weighted by Crippen LogP contribution is 2.20. The third kappa shape index (κ3) is 4.19. The highest BCUT2D eigenvalue weighted by molar-refractivity contribution is 6.33. The summed E-state index contributed by atoms with van der Waals surface area (Å²) >= 11 is 11.5. The first-order chi connectivity index (χ1) is 10.5. The number of halogens is 3. The molecule has 0 unspecified atom stereocenters. The largest absolute Gasteiger partial charge is 0.452 e. The second-order valence-corrected chi connectivity index (χ2v) is 5.05.